The van der Waals surface area contributed by atoms with Gasteiger partial charge in [0.15, 0.2) is 5.69 Å². The zero-order chi connectivity index (χ0) is 19.3. The first-order chi connectivity index (χ1) is 12.3. The molecular formula is C18H20ClN3O4. The van der Waals surface area contributed by atoms with Crippen LogP contribution in [0.15, 0.2) is 35.1 Å². The van der Waals surface area contributed by atoms with E-state index in [2.05, 4.69) is 10.4 Å². The van der Waals surface area contributed by atoms with Gasteiger partial charge in [-0.2, -0.15) is 5.10 Å². The third kappa shape index (κ3) is 4.70. The predicted octanol–water partition coefficient (Wildman–Crippen LogP) is 2.57. The molecular weight excluding hydrogens is 358 g/mol. The van der Waals surface area contributed by atoms with Crippen molar-refractivity contribution in [3.8, 4) is 5.69 Å². The van der Waals surface area contributed by atoms with Crippen LogP contribution in [0.4, 0.5) is 0 Å². The number of aliphatic carboxylic acids is 1. The molecule has 0 spiro atoms. The molecule has 138 valence electrons. The van der Waals surface area contributed by atoms with Crippen molar-refractivity contribution in [2.75, 3.05) is 0 Å². The van der Waals surface area contributed by atoms with Gasteiger partial charge in [-0.1, -0.05) is 31.4 Å². The lowest BCUT2D eigenvalue weighted by molar-refractivity contribution is -0.139. The van der Waals surface area contributed by atoms with Crippen molar-refractivity contribution in [2.24, 2.45) is 0 Å². The molecule has 2 N–H and O–H groups in total. The highest BCUT2D eigenvalue weighted by molar-refractivity contribution is 6.30. The molecule has 8 heteroatoms. The number of carboxylic acid groups (broad SMARTS) is 1. The SMILES string of the molecule is CCCC[C@H](NC(=O)c1nn(-c2ccc(Cl)cc2)c(C)cc1=O)C(=O)O. The average molecular weight is 378 g/mol. The zero-order valence-corrected chi connectivity index (χ0v) is 15.3. The van der Waals surface area contributed by atoms with E-state index in [1.54, 1.807) is 31.2 Å². The molecule has 0 unspecified atom stereocenters. The Morgan fingerprint density at radius 1 is 1.31 bits per heavy atom. The van der Waals surface area contributed by atoms with Crippen LogP contribution in [0.25, 0.3) is 5.69 Å². The topological polar surface area (TPSA) is 101 Å². The smallest absolute Gasteiger partial charge is 0.326 e. The molecule has 2 aromatic rings. The molecule has 1 amide bonds. The van der Waals surface area contributed by atoms with E-state index in [4.69, 9.17) is 11.6 Å². The maximum Gasteiger partial charge on any atom is 0.326 e. The average Bonchev–Trinajstić information content (AvgIpc) is 2.59. The summed E-state index contributed by atoms with van der Waals surface area (Å²) in [6, 6.07) is 6.97. The van der Waals surface area contributed by atoms with Crippen LogP contribution in [-0.2, 0) is 4.79 Å². The fourth-order valence-electron chi connectivity index (χ4n) is 2.44. The molecule has 0 fully saturated rings. The second-order valence-electron chi connectivity index (χ2n) is 5.89. The number of unbranched alkanes of at least 4 members (excludes halogenated alkanes) is 1. The quantitative estimate of drug-likeness (QED) is 0.772. The van der Waals surface area contributed by atoms with E-state index in [9.17, 15) is 19.5 Å². The Bertz CT molecular complexity index is 862. The molecule has 7 nitrogen and oxygen atoms in total. The fourth-order valence-corrected chi connectivity index (χ4v) is 2.57. The number of hydrogen-bond acceptors (Lipinski definition) is 4. The number of hydrogen-bond donors (Lipinski definition) is 2. The number of nitrogens with zero attached hydrogens (tertiary/aromatic N) is 2. The lowest BCUT2D eigenvalue weighted by Gasteiger charge is -2.15. The minimum atomic E-state index is -1.14. The van der Waals surface area contributed by atoms with Gasteiger partial charge in [-0.15, -0.1) is 0 Å². The van der Waals surface area contributed by atoms with Gasteiger partial charge in [-0.3, -0.25) is 9.59 Å². The number of nitrogens with one attached hydrogen (secondary N) is 1. The summed E-state index contributed by atoms with van der Waals surface area (Å²) in [7, 11) is 0. The van der Waals surface area contributed by atoms with E-state index in [1.807, 2.05) is 6.92 Å². The van der Waals surface area contributed by atoms with Gasteiger partial charge in [-0.25, -0.2) is 9.48 Å². The molecule has 0 aliphatic carbocycles. The van der Waals surface area contributed by atoms with E-state index in [-0.39, 0.29) is 12.1 Å². The van der Waals surface area contributed by atoms with Crippen molar-refractivity contribution < 1.29 is 14.7 Å². The second kappa shape index (κ2) is 8.62. The summed E-state index contributed by atoms with van der Waals surface area (Å²) >= 11 is 5.88. The van der Waals surface area contributed by atoms with Gasteiger partial charge in [0, 0.05) is 16.8 Å². The van der Waals surface area contributed by atoms with E-state index >= 15 is 0 Å². The number of benzene rings is 1. The minimum absolute atomic E-state index is 0.287. The largest absolute Gasteiger partial charge is 0.480 e. The van der Waals surface area contributed by atoms with Crippen LogP contribution in [0.2, 0.25) is 5.02 Å². The molecule has 0 radical (unpaired) electrons. The van der Waals surface area contributed by atoms with Gasteiger partial charge in [0.2, 0.25) is 5.43 Å². The highest BCUT2D eigenvalue weighted by Crippen LogP contribution is 2.14. The summed E-state index contributed by atoms with van der Waals surface area (Å²) < 4.78 is 1.44. The monoisotopic (exact) mass is 377 g/mol. The minimum Gasteiger partial charge on any atom is -0.480 e. The number of halogens is 1. The number of rotatable bonds is 7. The molecule has 0 aliphatic rings. The van der Waals surface area contributed by atoms with Crippen LogP contribution in [-0.4, -0.2) is 32.8 Å². The van der Waals surface area contributed by atoms with Crippen LogP contribution in [0.5, 0.6) is 0 Å². The number of carbonyl (C=O) groups excluding carboxylic acids is 1. The Morgan fingerprint density at radius 3 is 2.54 bits per heavy atom. The summed E-state index contributed by atoms with van der Waals surface area (Å²) in [5.74, 6) is -1.95. The third-order valence-corrected chi connectivity index (χ3v) is 4.10. The van der Waals surface area contributed by atoms with Crippen molar-refractivity contribution in [3.05, 3.63) is 57.0 Å². The summed E-state index contributed by atoms with van der Waals surface area (Å²) in [4.78, 5) is 35.9. The van der Waals surface area contributed by atoms with Crippen LogP contribution >= 0.6 is 11.6 Å². The van der Waals surface area contributed by atoms with E-state index < -0.39 is 23.3 Å². The van der Waals surface area contributed by atoms with Gasteiger partial charge in [-0.05, 0) is 37.6 Å². The lowest BCUT2D eigenvalue weighted by atomic mass is 10.1. The van der Waals surface area contributed by atoms with Gasteiger partial charge >= 0.3 is 5.97 Å². The first-order valence-corrected chi connectivity index (χ1v) is 8.62. The van der Waals surface area contributed by atoms with Crippen molar-refractivity contribution in [1.82, 2.24) is 15.1 Å². The van der Waals surface area contributed by atoms with Gasteiger partial charge < -0.3 is 10.4 Å². The fraction of sp³-hybridized carbons (Fsp3) is 0.333. The van der Waals surface area contributed by atoms with Crippen molar-refractivity contribution >= 4 is 23.5 Å². The Morgan fingerprint density at radius 2 is 1.96 bits per heavy atom. The second-order valence-corrected chi connectivity index (χ2v) is 6.33. The molecule has 0 bridgehead atoms. The molecule has 0 saturated carbocycles. The maximum absolute atomic E-state index is 12.4. The van der Waals surface area contributed by atoms with Gasteiger partial charge in [0.05, 0.1) is 5.69 Å². The van der Waals surface area contributed by atoms with Crippen molar-refractivity contribution in [3.63, 3.8) is 0 Å². The highest BCUT2D eigenvalue weighted by Gasteiger charge is 2.23. The van der Waals surface area contributed by atoms with Gasteiger partial charge in [0.1, 0.15) is 6.04 Å². The Labute approximate surface area is 155 Å². The van der Waals surface area contributed by atoms with E-state index in [0.29, 0.717) is 22.8 Å². The lowest BCUT2D eigenvalue weighted by Crippen LogP contribution is -2.43. The number of aryl methyl sites for hydroxylation is 1. The first kappa shape index (κ1) is 19.7. The summed E-state index contributed by atoms with van der Waals surface area (Å²) in [6.45, 7) is 3.61. The number of amides is 1. The first-order valence-electron chi connectivity index (χ1n) is 8.24. The van der Waals surface area contributed by atoms with Gasteiger partial charge in [0.25, 0.3) is 5.91 Å². The van der Waals surface area contributed by atoms with E-state index in [0.717, 1.165) is 6.42 Å². The zero-order valence-electron chi connectivity index (χ0n) is 14.5. The number of aromatic nitrogens is 2. The summed E-state index contributed by atoms with van der Waals surface area (Å²) in [5, 5.41) is 16.3. The molecule has 0 saturated heterocycles. The van der Waals surface area contributed by atoms with E-state index in [1.165, 1.54) is 10.7 Å². The van der Waals surface area contributed by atoms with Crippen LogP contribution < -0.4 is 10.7 Å². The highest BCUT2D eigenvalue weighted by atomic mass is 35.5. The van der Waals surface area contributed by atoms with Crippen molar-refractivity contribution in [1.29, 1.82) is 0 Å². The molecule has 1 aromatic heterocycles. The maximum atomic E-state index is 12.4. The standard InChI is InChI=1S/C18H20ClN3O4/c1-3-4-5-14(18(25)26)20-17(24)16-15(23)10-11(2)22(21-16)13-8-6-12(19)7-9-13/h6-10,14H,3-5H2,1-2H3,(H,20,24)(H,25,26)/t14-/m0/s1. The molecule has 0 aliphatic heterocycles. The third-order valence-electron chi connectivity index (χ3n) is 3.84. The number of carboxylic acids is 1. The molecule has 1 aromatic carbocycles. The van der Waals surface area contributed by atoms with Crippen LogP contribution in [0, 0.1) is 6.92 Å². The Kier molecular flexibility index (Phi) is 6.52. The predicted molar refractivity (Wildman–Crippen MR) is 98.0 cm³/mol. The van der Waals surface area contributed by atoms with Crippen LogP contribution in [0.1, 0.15) is 42.4 Å². The Hall–Kier alpha value is -2.67. The molecule has 1 atom stereocenters. The molecule has 26 heavy (non-hydrogen) atoms. The summed E-state index contributed by atoms with van der Waals surface area (Å²) in [6.07, 6.45) is 1.73. The molecule has 2 rings (SSSR count). The van der Waals surface area contributed by atoms with Crippen molar-refractivity contribution in [2.45, 2.75) is 39.2 Å². The molecule has 1 heterocycles. The Balaban J connectivity index is 2.35. The normalized spacial score (nSPS) is 11.8. The number of carbonyl (C=O) groups is 2. The summed E-state index contributed by atoms with van der Waals surface area (Å²) in [5.41, 5.74) is 0.245. The van der Waals surface area contributed by atoms with Crippen LogP contribution in [0.3, 0.4) is 0 Å².